The van der Waals surface area contributed by atoms with Crippen LogP contribution in [-0.4, -0.2) is 61.2 Å². The van der Waals surface area contributed by atoms with Gasteiger partial charge in [0.2, 0.25) is 0 Å². The molecule has 5 heteroatoms. The summed E-state index contributed by atoms with van der Waals surface area (Å²) in [5, 5.41) is 11.7. The number of hydrogen-bond acceptors (Lipinski definition) is 5. The van der Waals surface area contributed by atoms with Gasteiger partial charge < -0.3 is 24.2 Å². The lowest BCUT2D eigenvalue weighted by Crippen LogP contribution is -2.80. The lowest BCUT2D eigenvalue weighted by molar-refractivity contribution is -0.247. The van der Waals surface area contributed by atoms with Crippen molar-refractivity contribution in [2.75, 3.05) is 27.8 Å². The Morgan fingerprint density at radius 3 is 2.81 bits per heavy atom. The highest BCUT2D eigenvalue weighted by atomic mass is 16.6. The number of fused-ring (bicyclic) bond motifs is 1. The van der Waals surface area contributed by atoms with E-state index in [2.05, 4.69) is 43.2 Å². The van der Waals surface area contributed by atoms with Gasteiger partial charge in [0.05, 0.1) is 18.1 Å². The molecule has 1 saturated carbocycles. The molecule has 1 saturated heterocycles. The van der Waals surface area contributed by atoms with Gasteiger partial charge in [0, 0.05) is 30.0 Å². The van der Waals surface area contributed by atoms with E-state index in [1.165, 1.54) is 11.1 Å². The van der Waals surface area contributed by atoms with Gasteiger partial charge in [-0.2, -0.15) is 0 Å². The summed E-state index contributed by atoms with van der Waals surface area (Å²) in [7, 11) is 5.80. The first-order valence-corrected chi connectivity index (χ1v) is 11.9. The predicted octanol–water partition coefficient (Wildman–Crippen LogP) is 3.47. The first kappa shape index (κ1) is 20.1. The van der Waals surface area contributed by atoms with Gasteiger partial charge in [-0.1, -0.05) is 31.6 Å². The summed E-state index contributed by atoms with van der Waals surface area (Å²) in [6.45, 7) is 5.20. The summed E-state index contributed by atoms with van der Waals surface area (Å²) in [5.74, 6) is 1.71. The van der Waals surface area contributed by atoms with E-state index in [1.807, 2.05) is 6.92 Å². The standard InChI is InChI=1S/C26H35NO4/c1-6-9-23(2,28)18-15-24-10-11-26(18,30-5)22-25(24)12-13-27(3)19(24)14-16-7-8-17(29-4)21(31-22)20(16)25/h7-8,10-11,18-19,22,28H,6,9,12-15H2,1-5H3/t18-,19-,22+,23+,24?,25-,26-/m1/s1. The van der Waals surface area contributed by atoms with Crippen molar-refractivity contribution in [3.63, 3.8) is 0 Å². The lowest BCUT2D eigenvalue weighted by atomic mass is 9.36. The molecule has 7 atom stereocenters. The van der Waals surface area contributed by atoms with Crippen LogP contribution >= 0.6 is 0 Å². The minimum absolute atomic E-state index is 0.0241. The summed E-state index contributed by atoms with van der Waals surface area (Å²) >= 11 is 0. The van der Waals surface area contributed by atoms with Gasteiger partial charge in [-0.25, -0.2) is 0 Å². The van der Waals surface area contributed by atoms with Crippen LogP contribution in [0.4, 0.5) is 0 Å². The van der Waals surface area contributed by atoms with Crippen molar-refractivity contribution in [1.29, 1.82) is 0 Å². The number of nitrogens with zero attached hydrogens (tertiary/aromatic N) is 1. The molecule has 0 amide bonds. The van der Waals surface area contributed by atoms with E-state index in [-0.39, 0.29) is 22.9 Å². The number of benzene rings is 1. The molecule has 31 heavy (non-hydrogen) atoms. The number of ether oxygens (including phenoxy) is 3. The molecule has 2 fully saturated rings. The molecule has 7 rings (SSSR count). The van der Waals surface area contributed by atoms with E-state index in [0.29, 0.717) is 6.04 Å². The minimum atomic E-state index is -0.820. The highest BCUT2D eigenvalue weighted by molar-refractivity contribution is 5.65. The van der Waals surface area contributed by atoms with E-state index in [0.717, 1.165) is 50.1 Å². The lowest BCUT2D eigenvalue weighted by Gasteiger charge is -2.72. The number of piperidine rings is 1. The minimum Gasteiger partial charge on any atom is -0.493 e. The maximum absolute atomic E-state index is 11.7. The third-order valence-corrected chi connectivity index (χ3v) is 9.78. The molecule has 6 aliphatic rings. The van der Waals surface area contributed by atoms with Gasteiger partial charge in [0.1, 0.15) is 11.7 Å². The molecule has 0 radical (unpaired) electrons. The summed E-state index contributed by atoms with van der Waals surface area (Å²) < 4.78 is 19.1. The van der Waals surface area contributed by atoms with Crippen LogP contribution in [0.2, 0.25) is 0 Å². The largest absolute Gasteiger partial charge is 0.493 e. The summed E-state index contributed by atoms with van der Waals surface area (Å²) in [5.41, 5.74) is 1.08. The van der Waals surface area contributed by atoms with Crippen LogP contribution in [0.5, 0.6) is 11.5 Å². The molecule has 1 N–H and O–H groups in total. The van der Waals surface area contributed by atoms with Crippen molar-refractivity contribution in [2.45, 2.75) is 74.7 Å². The van der Waals surface area contributed by atoms with E-state index in [1.54, 1.807) is 14.2 Å². The van der Waals surface area contributed by atoms with Crippen LogP contribution < -0.4 is 9.47 Å². The smallest absolute Gasteiger partial charge is 0.166 e. The molecule has 1 aromatic carbocycles. The zero-order chi connectivity index (χ0) is 21.8. The quantitative estimate of drug-likeness (QED) is 0.732. The fraction of sp³-hybridized carbons (Fsp3) is 0.692. The molecular formula is C26H35NO4. The van der Waals surface area contributed by atoms with Crippen molar-refractivity contribution in [3.8, 4) is 11.5 Å². The molecule has 5 nitrogen and oxygen atoms in total. The Kier molecular flexibility index (Phi) is 3.93. The summed E-state index contributed by atoms with van der Waals surface area (Å²) in [6, 6.07) is 4.71. The summed E-state index contributed by atoms with van der Waals surface area (Å²) in [6.07, 6.45) is 9.25. The fourth-order valence-electron chi connectivity index (χ4n) is 8.59. The van der Waals surface area contributed by atoms with Crippen molar-refractivity contribution in [3.05, 3.63) is 35.4 Å². The number of methoxy groups -OCH3 is 2. The van der Waals surface area contributed by atoms with E-state index >= 15 is 0 Å². The van der Waals surface area contributed by atoms with E-state index in [4.69, 9.17) is 14.2 Å². The zero-order valence-corrected chi connectivity index (χ0v) is 19.4. The monoisotopic (exact) mass is 425 g/mol. The van der Waals surface area contributed by atoms with Crippen molar-refractivity contribution in [2.24, 2.45) is 11.3 Å². The van der Waals surface area contributed by atoms with E-state index < -0.39 is 11.2 Å². The number of hydrogen-bond donors (Lipinski definition) is 1. The Bertz CT molecular complexity index is 972. The SMILES string of the molecule is CCC[C@](C)(O)[C@H]1CC23C=C[C@]1(OC)[C@H]1Oc4c(OC)ccc5c4[C@]12CCN(C)[C@@H]3C5. The number of aliphatic hydroxyl groups is 1. The Morgan fingerprint density at radius 2 is 2.10 bits per heavy atom. The molecule has 2 heterocycles. The van der Waals surface area contributed by atoms with Gasteiger partial charge in [-0.15, -0.1) is 0 Å². The van der Waals surface area contributed by atoms with Crippen molar-refractivity contribution in [1.82, 2.24) is 4.90 Å². The Labute approximate surface area is 185 Å². The van der Waals surface area contributed by atoms with Crippen LogP contribution in [0.3, 0.4) is 0 Å². The van der Waals surface area contributed by atoms with Gasteiger partial charge >= 0.3 is 0 Å². The zero-order valence-electron chi connectivity index (χ0n) is 19.4. The Hall–Kier alpha value is -1.56. The van der Waals surface area contributed by atoms with Gasteiger partial charge in [-0.3, -0.25) is 0 Å². The van der Waals surface area contributed by atoms with Crippen LogP contribution in [0.15, 0.2) is 24.3 Å². The molecular weight excluding hydrogens is 390 g/mol. The highest BCUT2D eigenvalue weighted by Gasteiger charge is 2.80. The predicted molar refractivity (Wildman–Crippen MR) is 119 cm³/mol. The van der Waals surface area contributed by atoms with E-state index in [9.17, 15) is 5.11 Å². The maximum Gasteiger partial charge on any atom is 0.166 e. The van der Waals surface area contributed by atoms with Crippen LogP contribution in [0.1, 0.15) is 50.7 Å². The van der Waals surface area contributed by atoms with Gasteiger partial charge in [0.25, 0.3) is 0 Å². The van der Waals surface area contributed by atoms with Crippen LogP contribution in [-0.2, 0) is 16.6 Å². The second-order valence-corrected chi connectivity index (χ2v) is 10.8. The molecule has 4 aliphatic carbocycles. The van der Waals surface area contributed by atoms with Crippen LogP contribution in [0.25, 0.3) is 0 Å². The molecule has 1 unspecified atom stereocenters. The molecule has 1 aromatic rings. The van der Waals surface area contributed by atoms with Gasteiger partial charge in [0.15, 0.2) is 11.5 Å². The van der Waals surface area contributed by atoms with Gasteiger partial charge in [-0.05, 0) is 57.8 Å². The van der Waals surface area contributed by atoms with Crippen LogP contribution in [0, 0.1) is 11.3 Å². The fourth-order valence-corrected chi connectivity index (χ4v) is 8.59. The number of likely N-dealkylation sites (N-methyl/N-ethyl adjacent to an activating group) is 1. The maximum atomic E-state index is 11.7. The average Bonchev–Trinajstić information content (AvgIpc) is 3.13. The second-order valence-electron chi connectivity index (χ2n) is 10.8. The molecule has 168 valence electrons. The van der Waals surface area contributed by atoms with Crippen molar-refractivity contribution >= 4 is 0 Å². The third-order valence-electron chi connectivity index (χ3n) is 9.78. The number of rotatable bonds is 5. The number of likely N-dealkylation sites (tertiary alicyclic amines) is 1. The molecule has 4 bridgehead atoms. The van der Waals surface area contributed by atoms with Crippen molar-refractivity contribution < 1.29 is 19.3 Å². The molecule has 2 aliphatic heterocycles. The normalized spacial score (nSPS) is 43.4. The first-order chi connectivity index (χ1) is 14.8. The molecule has 2 spiro atoms. The molecule has 0 aromatic heterocycles. The average molecular weight is 426 g/mol. The Morgan fingerprint density at radius 1 is 1.29 bits per heavy atom. The highest BCUT2D eigenvalue weighted by Crippen LogP contribution is 2.75. The topological polar surface area (TPSA) is 51.2 Å². The first-order valence-electron chi connectivity index (χ1n) is 11.9. The summed E-state index contributed by atoms with van der Waals surface area (Å²) in [4.78, 5) is 2.55. The third kappa shape index (κ3) is 2.01. The second kappa shape index (κ2) is 6.06. The Balaban J connectivity index is 1.66.